The minimum absolute atomic E-state index is 0.0162. The molecule has 0 amide bonds. The quantitative estimate of drug-likeness (QED) is 0.455. The number of aliphatic hydroxyl groups is 1. The fourth-order valence-electron chi connectivity index (χ4n) is 6.91. The molecule has 0 aromatic carbocycles. The second-order valence-corrected chi connectivity index (χ2v) is 11.4. The average Bonchev–Trinajstić information content (AvgIpc) is 3.09. The second-order valence-electron chi connectivity index (χ2n) is 11.4. The van der Waals surface area contributed by atoms with Crippen molar-refractivity contribution in [1.82, 2.24) is 0 Å². The number of Topliss-reactive ketones (excluding diaryl/α,β-unsaturated/α-hetero) is 1. The lowest BCUT2D eigenvalue weighted by molar-refractivity contribution is -0.196. The Labute approximate surface area is 216 Å². The topological polar surface area (TPSA) is 116 Å². The SMILES string of the molecule is C=C1C(=O)OC2CC(C)C3(O)C=C(C(C)=O)C4(OC3CC12)C(=O)OC1CC(C)C(/C=C\C(C)=O)=CCC14. The van der Waals surface area contributed by atoms with E-state index in [9.17, 15) is 24.3 Å². The van der Waals surface area contributed by atoms with Crippen molar-refractivity contribution in [2.75, 3.05) is 0 Å². The van der Waals surface area contributed by atoms with E-state index in [1.165, 1.54) is 26.0 Å². The summed E-state index contributed by atoms with van der Waals surface area (Å²) >= 11 is 0. The first-order valence-corrected chi connectivity index (χ1v) is 13.0. The van der Waals surface area contributed by atoms with Gasteiger partial charge in [-0.1, -0.05) is 32.6 Å². The maximum Gasteiger partial charge on any atom is 0.344 e. The monoisotopic (exact) mass is 510 g/mol. The van der Waals surface area contributed by atoms with Crippen molar-refractivity contribution in [2.24, 2.45) is 23.7 Å². The molecular formula is C29H34O8. The molecule has 9 atom stereocenters. The zero-order valence-electron chi connectivity index (χ0n) is 21.7. The molecule has 3 aliphatic heterocycles. The van der Waals surface area contributed by atoms with Crippen LogP contribution in [0.5, 0.6) is 0 Å². The van der Waals surface area contributed by atoms with Crippen LogP contribution in [-0.4, -0.2) is 58.1 Å². The molecule has 1 saturated carbocycles. The molecule has 0 bridgehead atoms. The summed E-state index contributed by atoms with van der Waals surface area (Å²) in [6.07, 6.45) is 6.50. The molecule has 3 heterocycles. The van der Waals surface area contributed by atoms with Gasteiger partial charge in [-0.2, -0.15) is 0 Å². The number of hydrogen-bond acceptors (Lipinski definition) is 8. The summed E-state index contributed by atoms with van der Waals surface area (Å²) in [7, 11) is 0. The van der Waals surface area contributed by atoms with Gasteiger partial charge in [0.05, 0.1) is 6.10 Å². The Morgan fingerprint density at radius 3 is 2.51 bits per heavy atom. The lowest BCUT2D eigenvalue weighted by atomic mass is 9.69. The number of esters is 2. The van der Waals surface area contributed by atoms with E-state index in [0.29, 0.717) is 24.8 Å². The third kappa shape index (κ3) is 3.87. The van der Waals surface area contributed by atoms with Crippen molar-refractivity contribution >= 4 is 23.5 Å². The largest absolute Gasteiger partial charge is 0.459 e. The van der Waals surface area contributed by atoms with Crippen LogP contribution in [0.3, 0.4) is 0 Å². The van der Waals surface area contributed by atoms with Crippen LogP contribution in [0.2, 0.25) is 0 Å². The molecule has 1 spiro atoms. The molecule has 9 unspecified atom stereocenters. The Morgan fingerprint density at radius 2 is 1.84 bits per heavy atom. The Hall–Kier alpha value is -2.84. The summed E-state index contributed by atoms with van der Waals surface area (Å²) in [6, 6.07) is 0. The third-order valence-electron chi connectivity index (χ3n) is 9.06. The Bertz CT molecular complexity index is 1180. The molecule has 37 heavy (non-hydrogen) atoms. The van der Waals surface area contributed by atoms with Gasteiger partial charge in [-0.3, -0.25) is 9.59 Å². The van der Waals surface area contributed by atoms with Crippen molar-refractivity contribution in [2.45, 2.75) is 82.9 Å². The molecule has 0 radical (unpaired) electrons. The molecule has 8 nitrogen and oxygen atoms in total. The molecule has 5 aliphatic rings. The van der Waals surface area contributed by atoms with Gasteiger partial charge in [0.1, 0.15) is 17.8 Å². The van der Waals surface area contributed by atoms with Crippen LogP contribution in [0.25, 0.3) is 0 Å². The molecule has 2 saturated heterocycles. The highest BCUT2D eigenvalue weighted by atomic mass is 16.6. The van der Waals surface area contributed by atoms with Gasteiger partial charge in [-0.25, -0.2) is 9.59 Å². The zero-order chi connectivity index (χ0) is 26.9. The molecule has 3 fully saturated rings. The van der Waals surface area contributed by atoms with E-state index in [1.807, 2.05) is 19.9 Å². The standard InChI is InChI=1S/C29H34O8/c1-14-10-24-21(9-8-19(14)7-6-16(3)30)29(27(33)36-24)22(18(5)31)13-28(34)15(2)11-23-20(12-25(28)37-29)17(4)26(32)35-23/h6-8,13-15,20-21,23-25,34H,4,9-12H2,1-3,5H3/b7-6-. The van der Waals surface area contributed by atoms with E-state index in [1.54, 1.807) is 6.08 Å². The van der Waals surface area contributed by atoms with Gasteiger partial charge in [0.15, 0.2) is 11.6 Å². The van der Waals surface area contributed by atoms with Crippen molar-refractivity contribution in [1.29, 1.82) is 0 Å². The fraction of sp³-hybridized carbons (Fsp3) is 0.586. The Morgan fingerprint density at radius 1 is 1.11 bits per heavy atom. The van der Waals surface area contributed by atoms with Gasteiger partial charge >= 0.3 is 11.9 Å². The highest BCUT2D eigenvalue weighted by molar-refractivity contribution is 6.04. The number of fused-ring (bicyclic) bond motifs is 4. The molecular weight excluding hydrogens is 476 g/mol. The number of rotatable bonds is 3. The third-order valence-corrected chi connectivity index (χ3v) is 9.06. The molecule has 198 valence electrons. The van der Waals surface area contributed by atoms with Gasteiger partial charge in [-0.05, 0) is 69.1 Å². The summed E-state index contributed by atoms with van der Waals surface area (Å²) in [5.74, 6) is -2.75. The van der Waals surface area contributed by atoms with Crippen LogP contribution < -0.4 is 0 Å². The normalized spacial score (nSPS) is 43.2. The predicted octanol–water partition coefficient (Wildman–Crippen LogP) is 2.94. The summed E-state index contributed by atoms with van der Waals surface area (Å²) < 4.78 is 18.1. The summed E-state index contributed by atoms with van der Waals surface area (Å²) in [5, 5.41) is 11.9. The summed E-state index contributed by atoms with van der Waals surface area (Å²) in [6.45, 7) is 10.6. The van der Waals surface area contributed by atoms with Crippen LogP contribution in [0.4, 0.5) is 0 Å². The van der Waals surface area contributed by atoms with Crippen LogP contribution in [0.15, 0.2) is 47.6 Å². The van der Waals surface area contributed by atoms with Gasteiger partial charge < -0.3 is 19.3 Å². The number of ketones is 2. The maximum atomic E-state index is 13.6. The lowest BCUT2D eigenvalue weighted by Crippen LogP contribution is -2.61. The zero-order valence-corrected chi connectivity index (χ0v) is 21.7. The fourth-order valence-corrected chi connectivity index (χ4v) is 6.91. The van der Waals surface area contributed by atoms with Crippen molar-refractivity contribution in [3.05, 3.63) is 47.6 Å². The van der Waals surface area contributed by atoms with E-state index in [2.05, 4.69) is 6.58 Å². The Kier molecular flexibility index (Phi) is 6.19. The van der Waals surface area contributed by atoms with Crippen LogP contribution in [0.1, 0.15) is 53.4 Å². The van der Waals surface area contributed by atoms with Crippen LogP contribution >= 0.6 is 0 Å². The van der Waals surface area contributed by atoms with Crippen molar-refractivity contribution in [3.63, 3.8) is 0 Å². The number of carbonyl (C=O) groups excluding carboxylic acids is 4. The molecule has 5 rings (SSSR count). The lowest BCUT2D eigenvalue weighted by Gasteiger charge is -2.48. The second kappa shape index (κ2) is 8.88. The molecule has 2 aliphatic carbocycles. The predicted molar refractivity (Wildman–Crippen MR) is 132 cm³/mol. The number of carbonyl (C=O) groups is 4. The van der Waals surface area contributed by atoms with Crippen LogP contribution in [0, 0.1) is 23.7 Å². The Balaban J connectivity index is 1.59. The highest BCUT2D eigenvalue weighted by Gasteiger charge is 2.67. The minimum Gasteiger partial charge on any atom is -0.459 e. The molecule has 0 aromatic heterocycles. The van der Waals surface area contributed by atoms with Gasteiger partial charge in [-0.15, -0.1) is 0 Å². The number of ether oxygens (including phenoxy) is 3. The molecule has 8 heteroatoms. The number of allylic oxidation sites excluding steroid dienone is 4. The average molecular weight is 511 g/mol. The summed E-state index contributed by atoms with van der Waals surface area (Å²) in [5.41, 5.74) is -1.80. The van der Waals surface area contributed by atoms with E-state index in [4.69, 9.17) is 14.2 Å². The van der Waals surface area contributed by atoms with E-state index < -0.39 is 53.3 Å². The summed E-state index contributed by atoms with van der Waals surface area (Å²) in [4.78, 5) is 50.4. The van der Waals surface area contributed by atoms with E-state index >= 15 is 0 Å². The van der Waals surface area contributed by atoms with Crippen molar-refractivity contribution < 1.29 is 38.5 Å². The number of hydrogen-bond donors (Lipinski definition) is 1. The molecule has 1 N–H and O–H groups in total. The van der Waals surface area contributed by atoms with Gasteiger partial charge in [0.25, 0.3) is 0 Å². The first-order chi connectivity index (χ1) is 17.4. The first-order valence-electron chi connectivity index (χ1n) is 13.0. The maximum absolute atomic E-state index is 13.6. The van der Waals surface area contributed by atoms with Gasteiger partial charge in [0.2, 0.25) is 5.60 Å². The van der Waals surface area contributed by atoms with E-state index in [-0.39, 0.29) is 35.4 Å². The van der Waals surface area contributed by atoms with Crippen molar-refractivity contribution in [3.8, 4) is 0 Å². The highest BCUT2D eigenvalue weighted by Crippen LogP contribution is 2.55. The minimum atomic E-state index is -1.67. The van der Waals surface area contributed by atoms with Crippen LogP contribution in [-0.2, 0) is 33.4 Å². The van der Waals surface area contributed by atoms with E-state index in [0.717, 1.165) is 5.57 Å². The smallest absolute Gasteiger partial charge is 0.344 e. The first kappa shape index (κ1) is 25.8. The molecule has 0 aromatic rings. The van der Waals surface area contributed by atoms with Gasteiger partial charge in [0, 0.05) is 23.0 Å².